The van der Waals surface area contributed by atoms with Gasteiger partial charge in [0.05, 0.1) is 0 Å². The topological polar surface area (TPSA) is 12.0 Å². The molecule has 1 aromatic carbocycles. The van der Waals surface area contributed by atoms with Gasteiger partial charge in [-0.15, -0.1) is 0 Å². The summed E-state index contributed by atoms with van der Waals surface area (Å²) in [7, 11) is 0. The number of hydrogen-bond donors (Lipinski definition) is 1. The number of anilines is 1. The Morgan fingerprint density at radius 3 is 2.54 bits per heavy atom. The Hall–Kier alpha value is -1.24. The number of nitrogens with one attached hydrogen (secondary N) is 1. The van der Waals surface area contributed by atoms with Crippen molar-refractivity contribution in [3.63, 3.8) is 0 Å². The van der Waals surface area contributed by atoms with Crippen molar-refractivity contribution in [1.29, 1.82) is 0 Å². The van der Waals surface area contributed by atoms with Gasteiger partial charge in [0.2, 0.25) is 0 Å². The Kier molecular flexibility index (Phi) is 6.70. The van der Waals surface area contributed by atoms with Crippen molar-refractivity contribution in [2.24, 2.45) is 0 Å². The fraction of sp³-hybridized carbons (Fsp3) is 0.333. The van der Waals surface area contributed by atoms with Gasteiger partial charge in [0.25, 0.3) is 0 Å². The molecule has 0 radical (unpaired) electrons. The summed E-state index contributed by atoms with van der Waals surface area (Å²) in [5, 5.41) is 3.26. The standard InChI is InChI=1S/C10H13N.C2H6.H2/c1-3-9-7-5-6-8-10(9)11-4-2;1-2;/h3,5-8,11H,1,4H2,2H3;1-2H3;1H. The molecule has 74 valence electrons. The van der Waals surface area contributed by atoms with Gasteiger partial charge in [-0.25, -0.2) is 0 Å². The zero-order valence-corrected chi connectivity index (χ0v) is 8.80. The van der Waals surface area contributed by atoms with Crippen LogP contribution < -0.4 is 5.32 Å². The summed E-state index contributed by atoms with van der Waals surface area (Å²) >= 11 is 0. The first-order valence-electron chi connectivity index (χ1n) is 4.83. The molecule has 0 heterocycles. The second-order valence-corrected chi connectivity index (χ2v) is 2.32. The first-order chi connectivity index (χ1) is 6.38. The lowest BCUT2D eigenvalue weighted by atomic mass is 10.2. The molecule has 13 heavy (non-hydrogen) atoms. The lowest BCUT2D eigenvalue weighted by molar-refractivity contribution is 1.21. The van der Waals surface area contributed by atoms with Crippen LogP contribution >= 0.6 is 0 Å². The smallest absolute Gasteiger partial charge is 0.0413 e. The lowest BCUT2D eigenvalue weighted by Gasteiger charge is -2.05. The van der Waals surface area contributed by atoms with Crippen molar-refractivity contribution >= 4 is 11.8 Å². The first-order valence-corrected chi connectivity index (χ1v) is 4.83. The molecule has 0 unspecified atom stereocenters. The Morgan fingerprint density at radius 1 is 1.38 bits per heavy atom. The Morgan fingerprint density at radius 2 is 2.00 bits per heavy atom. The molecule has 0 saturated heterocycles. The zero-order valence-electron chi connectivity index (χ0n) is 8.80. The van der Waals surface area contributed by atoms with Gasteiger partial charge in [-0.3, -0.25) is 0 Å². The van der Waals surface area contributed by atoms with Crippen molar-refractivity contribution < 1.29 is 1.43 Å². The summed E-state index contributed by atoms with van der Waals surface area (Å²) in [6.07, 6.45) is 1.86. The first kappa shape index (κ1) is 11.8. The molecule has 0 aliphatic rings. The molecule has 0 aromatic heterocycles. The monoisotopic (exact) mass is 179 g/mol. The van der Waals surface area contributed by atoms with Crippen LogP contribution in [-0.2, 0) is 0 Å². The van der Waals surface area contributed by atoms with Crippen LogP contribution in [0.5, 0.6) is 0 Å². The summed E-state index contributed by atoms with van der Waals surface area (Å²) in [4.78, 5) is 0. The molecule has 0 atom stereocenters. The van der Waals surface area contributed by atoms with Gasteiger partial charge >= 0.3 is 0 Å². The van der Waals surface area contributed by atoms with E-state index in [1.54, 1.807) is 0 Å². The van der Waals surface area contributed by atoms with Gasteiger partial charge in [0, 0.05) is 13.7 Å². The van der Waals surface area contributed by atoms with E-state index in [4.69, 9.17) is 0 Å². The van der Waals surface area contributed by atoms with E-state index >= 15 is 0 Å². The molecule has 0 spiro atoms. The van der Waals surface area contributed by atoms with Crippen molar-refractivity contribution in [2.45, 2.75) is 20.8 Å². The number of para-hydroxylation sites is 1. The SMILES string of the molecule is C=Cc1ccccc1NCC.CC.[HH]. The third kappa shape index (κ3) is 3.79. The Labute approximate surface area is 83.0 Å². The highest BCUT2D eigenvalue weighted by atomic mass is 14.9. The molecule has 0 aliphatic carbocycles. The van der Waals surface area contributed by atoms with Crippen LogP contribution in [0.3, 0.4) is 0 Å². The maximum Gasteiger partial charge on any atom is 0.0413 e. The Bertz CT molecular complexity index is 246. The largest absolute Gasteiger partial charge is 0.385 e. The average Bonchev–Trinajstić information content (AvgIpc) is 2.22. The van der Waals surface area contributed by atoms with Crippen molar-refractivity contribution in [3.05, 3.63) is 36.4 Å². The molecule has 0 aliphatic heterocycles. The minimum atomic E-state index is 0. The molecule has 0 bridgehead atoms. The van der Waals surface area contributed by atoms with E-state index < -0.39 is 0 Å². The molecule has 0 fully saturated rings. The van der Waals surface area contributed by atoms with Crippen molar-refractivity contribution in [1.82, 2.24) is 0 Å². The summed E-state index contributed by atoms with van der Waals surface area (Å²) in [6, 6.07) is 8.13. The van der Waals surface area contributed by atoms with Crippen LogP contribution in [0, 0.1) is 0 Å². The van der Waals surface area contributed by atoms with E-state index in [1.165, 1.54) is 0 Å². The van der Waals surface area contributed by atoms with E-state index in [9.17, 15) is 0 Å². The zero-order chi connectivity index (χ0) is 10.1. The minimum Gasteiger partial charge on any atom is -0.385 e. The maximum atomic E-state index is 3.73. The van der Waals surface area contributed by atoms with Crippen molar-refractivity contribution in [3.8, 4) is 0 Å². The van der Waals surface area contributed by atoms with E-state index in [-0.39, 0.29) is 1.43 Å². The van der Waals surface area contributed by atoms with E-state index in [1.807, 2.05) is 38.1 Å². The van der Waals surface area contributed by atoms with Gasteiger partial charge < -0.3 is 5.32 Å². The summed E-state index contributed by atoms with van der Waals surface area (Å²) in [6.45, 7) is 10.8. The van der Waals surface area contributed by atoms with Crippen LogP contribution in [0.2, 0.25) is 0 Å². The van der Waals surface area contributed by atoms with Crippen molar-refractivity contribution in [2.75, 3.05) is 11.9 Å². The van der Waals surface area contributed by atoms with Crippen LogP contribution in [0.1, 0.15) is 27.8 Å². The summed E-state index contributed by atoms with van der Waals surface area (Å²) in [5.74, 6) is 0. The lowest BCUT2D eigenvalue weighted by Crippen LogP contribution is -1.97. The van der Waals surface area contributed by atoms with Gasteiger partial charge in [0.15, 0.2) is 0 Å². The maximum absolute atomic E-state index is 3.73. The average molecular weight is 179 g/mol. The fourth-order valence-corrected chi connectivity index (χ4v) is 1.03. The second-order valence-electron chi connectivity index (χ2n) is 2.32. The number of hydrogen-bond acceptors (Lipinski definition) is 1. The number of rotatable bonds is 3. The molecular formula is C12H21N. The van der Waals surface area contributed by atoms with Crippen LogP contribution in [0.4, 0.5) is 5.69 Å². The fourth-order valence-electron chi connectivity index (χ4n) is 1.03. The Balaban J connectivity index is 0. The van der Waals surface area contributed by atoms with Gasteiger partial charge in [0.1, 0.15) is 0 Å². The predicted molar refractivity (Wildman–Crippen MR) is 64.2 cm³/mol. The van der Waals surface area contributed by atoms with Crippen LogP contribution in [0.25, 0.3) is 6.08 Å². The molecule has 1 nitrogen and oxygen atoms in total. The third-order valence-electron chi connectivity index (χ3n) is 1.55. The predicted octanol–water partition coefficient (Wildman–Crippen LogP) is 4.03. The van der Waals surface area contributed by atoms with E-state index in [0.717, 1.165) is 17.8 Å². The van der Waals surface area contributed by atoms with E-state index in [0.29, 0.717) is 0 Å². The summed E-state index contributed by atoms with van der Waals surface area (Å²) in [5.41, 5.74) is 2.32. The highest BCUT2D eigenvalue weighted by Gasteiger charge is 1.93. The van der Waals surface area contributed by atoms with Gasteiger partial charge in [-0.05, 0) is 18.6 Å². The van der Waals surface area contributed by atoms with Gasteiger partial charge in [-0.1, -0.05) is 44.7 Å². The normalized spacial score (nSPS) is 8.23. The quantitative estimate of drug-likeness (QED) is 0.738. The second kappa shape index (κ2) is 7.41. The molecule has 1 N–H and O–H groups in total. The molecular weight excluding hydrogens is 158 g/mol. The van der Waals surface area contributed by atoms with E-state index in [2.05, 4.69) is 24.9 Å². The van der Waals surface area contributed by atoms with Crippen LogP contribution in [0.15, 0.2) is 30.8 Å². The summed E-state index contributed by atoms with van der Waals surface area (Å²) < 4.78 is 0. The molecule has 1 aromatic rings. The molecule has 0 amide bonds. The molecule has 1 rings (SSSR count). The highest BCUT2D eigenvalue weighted by Crippen LogP contribution is 2.14. The molecule has 1 heteroatoms. The highest BCUT2D eigenvalue weighted by molar-refractivity contribution is 5.65. The minimum absolute atomic E-state index is 0. The van der Waals surface area contributed by atoms with Crippen LogP contribution in [-0.4, -0.2) is 6.54 Å². The third-order valence-corrected chi connectivity index (χ3v) is 1.55. The number of benzene rings is 1. The molecule has 0 saturated carbocycles. The van der Waals surface area contributed by atoms with Gasteiger partial charge in [-0.2, -0.15) is 0 Å².